The van der Waals surface area contributed by atoms with Crippen LogP contribution in [0, 0.1) is 10.1 Å². The molecule has 0 radical (unpaired) electrons. The number of nitro groups is 1. The highest BCUT2D eigenvalue weighted by molar-refractivity contribution is 5.97. The maximum atomic E-state index is 12.3. The Morgan fingerprint density at radius 1 is 1.13 bits per heavy atom. The highest BCUT2D eigenvalue weighted by atomic mass is 16.6. The number of hydrogen-bond acceptors (Lipinski definition) is 8. The number of anilines is 1. The summed E-state index contributed by atoms with van der Waals surface area (Å²) >= 11 is 0. The van der Waals surface area contributed by atoms with E-state index in [2.05, 4.69) is 5.32 Å². The largest absolute Gasteiger partial charge is 0.504 e. The summed E-state index contributed by atoms with van der Waals surface area (Å²) in [4.78, 5) is 34.5. The predicted molar refractivity (Wildman–Crippen MR) is 108 cm³/mol. The second-order valence-electron chi connectivity index (χ2n) is 5.97. The minimum atomic E-state index is -1.14. The van der Waals surface area contributed by atoms with Gasteiger partial charge in [-0.3, -0.25) is 14.9 Å². The number of carbonyl (C=O) groups is 2. The van der Waals surface area contributed by atoms with E-state index in [4.69, 9.17) is 14.2 Å². The fraction of sp³-hybridized carbons (Fsp3) is 0.200. The van der Waals surface area contributed by atoms with Crippen LogP contribution in [-0.2, 0) is 14.3 Å². The molecular formula is C20H20N2O8. The number of esters is 1. The Hall–Kier alpha value is -4.08. The molecular weight excluding hydrogens is 396 g/mol. The first kappa shape index (κ1) is 22.2. The summed E-state index contributed by atoms with van der Waals surface area (Å²) in [5.41, 5.74) is 0.581. The van der Waals surface area contributed by atoms with Gasteiger partial charge >= 0.3 is 5.97 Å². The van der Waals surface area contributed by atoms with Gasteiger partial charge in [-0.2, -0.15) is 0 Å². The third kappa shape index (κ3) is 5.71. The molecule has 0 aliphatic carbocycles. The highest BCUT2D eigenvalue weighted by Gasteiger charge is 2.19. The molecule has 0 aromatic heterocycles. The summed E-state index contributed by atoms with van der Waals surface area (Å²) in [7, 11) is 2.71. The lowest BCUT2D eigenvalue weighted by Gasteiger charge is -2.14. The predicted octanol–water partition coefficient (Wildman–Crippen LogP) is 2.90. The van der Waals surface area contributed by atoms with Crippen molar-refractivity contribution in [1.82, 2.24) is 0 Å². The molecule has 1 atom stereocenters. The molecule has 0 bridgehead atoms. The average molecular weight is 416 g/mol. The third-order valence-corrected chi connectivity index (χ3v) is 3.93. The van der Waals surface area contributed by atoms with Crippen LogP contribution in [0.3, 0.4) is 0 Å². The maximum Gasteiger partial charge on any atom is 0.331 e. The summed E-state index contributed by atoms with van der Waals surface area (Å²) in [5, 5.41) is 22.9. The Bertz CT molecular complexity index is 987. The Balaban J connectivity index is 2.00. The minimum absolute atomic E-state index is 0.0378. The van der Waals surface area contributed by atoms with Crippen LogP contribution in [0.15, 0.2) is 42.5 Å². The second-order valence-corrected chi connectivity index (χ2v) is 5.97. The van der Waals surface area contributed by atoms with Crippen LogP contribution < -0.4 is 14.8 Å². The van der Waals surface area contributed by atoms with Gasteiger partial charge in [0.1, 0.15) is 5.75 Å². The van der Waals surface area contributed by atoms with Crippen molar-refractivity contribution in [2.75, 3.05) is 19.5 Å². The van der Waals surface area contributed by atoms with E-state index in [1.807, 2.05) is 0 Å². The van der Waals surface area contributed by atoms with Gasteiger partial charge in [-0.05, 0) is 36.8 Å². The number of methoxy groups -OCH3 is 2. The summed E-state index contributed by atoms with van der Waals surface area (Å²) in [6.07, 6.45) is 1.42. The van der Waals surface area contributed by atoms with Gasteiger partial charge in [0, 0.05) is 12.1 Å². The summed E-state index contributed by atoms with van der Waals surface area (Å²) in [6, 6.07) is 8.21. The summed E-state index contributed by atoms with van der Waals surface area (Å²) < 4.78 is 15.1. The van der Waals surface area contributed by atoms with E-state index >= 15 is 0 Å². The molecule has 10 heteroatoms. The van der Waals surface area contributed by atoms with Crippen LogP contribution in [0.25, 0.3) is 6.08 Å². The van der Waals surface area contributed by atoms with Gasteiger partial charge in [-0.25, -0.2) is 4.79 Å². The standard InChI is InChI=1S/C20H20N2O8/c1-12(20(25)21-15-7-6-14(22(26)27)11-17(15)28-2)30-19(24)9-5-13-4-8-16(23)18(10-13)29-3/h4-12,23H,1-3H3,(H,21,25)/b9-5+/t12-/m0/s1. The molecule has 2 aromatic carbocycles. The Kier molecular flexibility index (Phi) is 7.34. The zero-order valence-electron chi connectivity index (χ0n) is 16.4. The van der Waals surface area contributed by atoms with E-state index in [9.17, 15) is 24.8 Å². The zero-order valence-corrected chi connectivity index (χ0v) is 16.4. The molecule has 2 aromatic rings. The molecule has 0 aliphatic heterocycles. The van der Waals surface area contributed by atoms with E-state index in [0.29, 0.717) is 5.56 Å². The number of nitrogens with zero attached hydrogens (tertiary/aromatic N) is 1. The van der Waals surface area contributed by atoms with Crippen molar-refractivity contribution in [2.24, 2.45) is 0 Å². The number of carbonyl (C=O) groups excluding carboxylic acids is 2. The van der Waals surface area contributed by atoms with Crippen molar-refractivity contribution in [3.63, 3.8) is 0 Å². The lowest BCUT2D eigenvalue weighted by molar-refractivity contribution is -0.384. The van der Waals surface area contributed by atoms with Gasteiger partial charge in [0.05, 0.1) is 30.9 Å². The Labute approximate surface area is 171 Å². The number of nitro benzene ring substituents is 1. The number of amides is 1. The molecule has 0 aliphatic rings. The number of benzene rings is 2. The van der Waals surface area contributed by atoms with Gasteiger partial charge in [0.2, 0.25) is 0 Å². The quantitative estimate of drug-likeness (QED) is 0.290. The molecule has 30 heavy (non-hydrogen) atoms. The van der Waals surface area contributed by atoms with Crippen molar-refractivity contribution < 1.29 is 33.8 Å². The van der Waals surface area contributed by atoms with E-state index < -0.39 is 22.9 Å². The monoisotopic (exact) mass is 416 g/mol. The Morgan fingerprint density at radius 3 is 2.47 bits per heavy atom. The number of aromatic hydroxyl groups is 1. The average Bonchev–Trinajstić information content (AvgIpc) is 2.73. The van der Waals surface area contributed by atoms with Crippen molar-refractivity contribution in [1.29, 1.82) is 0 Å². The van der Waals surface area contributed by atoms with Gasteiger partial charge in [0.25, 0.3) is 11.6 Å². The molecule has 0 unspecified atom stereocenters. The second kappa shape index (κ2) is 9.92. The number of nitrogens with one attached hydrogen (secondary N) is 1. The number of phenolic OH excluding ortho intramolecular Hbond substituents is 1. The fourth-order valence-electron chi connectivity index (χ4n) is 2.36. The molecule has 0 saturated carbocycles. The van der Waals surface area contributed by atoms with Crippen LogP contribution in [0.4, 0.5) is 11.4 Å². The molecule has 0 saturated heterocycles. The van der Waals surface area contributed by atoms with Gasteiger partial charge in [-0.15, -0.1) is 0 Å². The summed E-state index contributed by atoms with van der Waals surface area (Å²) in [6.45, 7) is 1.38. The fourth-order valence-corrected chi connectivity index (χ4v) is 2.36. The first-order chi connectivity index (χ1) is 14.2. The van der Waals surface area contributed by atoms with Crippen molar-refractivity contribution in [2.45, 2.75) is 13.0 Å². The van der Waals surface area contributed by atoms with E-state index in [1.54, 1.807) is 6.07 Å². The maximum absolute atomic E-state index is 12.3. The van der Waals surface area contributed by atoms with Crippen LogP contribution in [0.1, 0.15) is 12.5 Å². The first-order valence-electron chi connectivity index (χ1n) is 8.64. The lowest BCUT2D eigenvalue weighted by atomic mass is 10.2. The van der Waals surface area contributed by atoms with Gasteiger partial charge < -0.3 is 24.6 Å². The van der Waals surface area contributed by atoms with E-state index in [0.717, 1.165) is 6.08 Å². The molecule has 1 amide bonds. The third-order valence-electron chi connectivity index (χ3n) is 3.93. The molecule has 158 valence electrons. The normalized spacial score (nSPS) is 11.6. The molecule has 2 N–H and O–H groups in total. The molecule has 0 fully saturated rings. The first-order valence-corrected chi connectivity index (χ1v) is 8.64. The van der Waals surface area contributed by atoms with Crippen LogP contribution in [-0.4, -0.2) is 42.2 Å². The molecule has 2 rings (SSSR count). The number of non-ortho nitro benzene ring substituents is 1. The number of phenols is 1. The van der Waals surface area contributed by atoms with Gasteiger partial charge in [-0.1, -0.05) is 6.07 Å². The highest BCUT2D eigenvalue weighted by Crippen LogP contribution is 2.29. The van der Waals surface area contributed by atoms with Crippen LogP contribution in [0.2, 0.25) is 0 Å². The number of hydrogen-bond donors (Lipinski definition) is 2. The lowest BCUT2D eigenvalue weighted by Crippen LogP contribution is -2.29. The summed E-state index contributed by atoms with van der Waals surface area (Å²) in [5.74, 6) is -1.10. The van der Waals surface area contributed by atoms with Crippen molar-refractivity contribution in [3.8, 4) is 17.2 Å². The van der Waals surface area contributed by atoms with Crippen LogP contribution in [0.5, 0.6) is 17.2 Å². The number of ether oxygens (including phenoxy) is 3. The van der Waals surface area contributed by atoms with E-state index in [-0.39, 0.29) is 28.6 Å². The van der Waals surface area contributed by atoms with Crippen LogP contribution >= 0.6 is 0 Å². The Morgan fingerprint density at radius 2 is 1.83 bits per heavy atom. The topological polar surface area (TPSA) is 137 Å². The van der Waals surface area contributed by atoms with E-state index in [1.165, 1.54) is 57.6 Å². The molecule has 0 spiro atoms. The minimum Gasteiger partial charge on any atom is -0.504 e. The SMILES string of the molecule is COc1cc(/C=C/C(=O)O[C@@H](C)C(=O)Nc2ccc([N+](=O)[O-])cc2OC)ccc1O. The number of rotatable bonds is 8. The molecule has 10 nitrogen and oxygen atoms in total. The zero-order chi connectivity index (χ0) is 22.3. The van der Waals surface area contributed by atoms with Crippen molar-refractivity contribution >= 4 is 29.3 Å². The van der Waals surface area contributed by atoms with Gasteiger partial charge in [0.15, 0.2) is 17.6 Å². The smallest absolute Gasteiger partial charge is 0.331 e. The van der Waals surface area contributed by atoms with Crippen molar-refractivity contribution in [3.05, 3.63) is 58.2 Å². The molecule has 0 heterocycles.